The number of aliphatic hydroxyl groups is 1. The summed E-state index contributed by atoms with van der Waals surface area (Å²) in [6.07, 6.45) is -0.852. The van der Waals surface area contributed by atoms with Gasteiger partial charge in [-0.1, -0.05) is 12.1 Å². The van der Waals surface area contributed by atoms with Gasteiger partial charge in [-0.15, -0.1) is 0 Å². The summed E-state index contributed by atoms with van der Waals surface area (Å²) >= 11 is 0. The Bertz CT molecular complexity index is 499. The maximum atomic E-state index is 12.1. The average molecular weight is 273 g/mol. The summed E-state index contributed by atoms with van der Waals surface area (Å²) in [5.41, 5.74) is 1.55. The molecule has 0 aromatic heterocycles. The molecule has 2 N–H and O–H groups in total. The summed E-state index contributed by atoms with van der Waals surface area (Å²) in [6, 6.07) is 5.23. The van der Waals surface area contributed by atoms with Crippen LogP contribution < -0.4 is 4.72 Å². The van der Waals surface area contributed by atoms with Crippen molar-refractivity contribution in [1.82, 2.24) is 4.72 Å². The van der Waals surface area contributed by atoms with Gasteiger partial charge in [0.2, 0.25) is 10.0 Å². The Morgan fingerprint density at radius 3 is 2.67 bits per heavy atom. The van der Waals surface area contributed by atoms with E-state index in [4.69, 9.17) is 4.74 Å². The summed E-state index contributed by atoms with van der Waals surface area (Å²) in [5.74, 6) is 0. The van der Waals surface area contributed by atoms with E-state index in [0.29, 0.717) is 5.56 Å². The maximum absolute atomic E-state index is 12.1. The van der Waals surface area contributed by atoms with Gasteiger partial charge >= 0.3 is 0 Å². The molecule has 6 heteroatoms. The number of hydrogen-bond acceptors (Lipinski definition) is 4. The minimum atomic E-state index is -3.59. The molecule has 102 valence electrons. The Hall–Kier alpha value is -0.950. The van der Waals surface area contributed by atoms with E-state index in [9.17, 15) is 13.5 Å². The number of aliphatic hydroxyl groups excluding tert-OH is 1. The Kier molecular flexibility index (Phi) is 5.28. The highest BCUT2D eigenvalue weighted by molar-refractivity contribution is 7.89. The molecular formula is C12H19NO4S. The zero-order chi connectivity index (χ0) is 13.8. The lowest BCUT2D eigenvalue weighted by atomic mass is 10.2. The van der Waals surface area contributed by atoms with Gasteiger partial charge in [-0.3, -0.25) is 0 Å². The van der Waals surface area contributed by atoms with Crippen molar-refractivity contribution in [2.75, 3.05) is 20.3 Å². The van der Waals surface area contributed by atoms with E-state index in [1.807, 2.05) is 13.0 Å². The summed E-state index contributed by atoms with van der Waals surface area (Å²) in [5, 5.41) is 9.43. The Balaban J connectivity index is 2.83. The van der Waals surface area contributed by atoms with Crippen molar-refractivity contribution in [3.8, 4) is 0 Å². The van der Waals surface area contributed by atoms with Crippen LogP contribution in [0.1, 0.15) is 11.1 Å². The second kappa shape index (κ2) is 6.29. The normalized spacial score (nSPS) is 13.6. The van der Waals surface area contributed by atoms with Gasteiger partial charge in [0.15, 0.2) is 0 Å². The topological polar surface area (TPSA) is 75.6 Å². The molecule has 0 saturated carbocycles. The van der Waals surface area contributed by atoms with Crippen molar-refractivity contribution in [1.29, 1.82) is 0 Å². The van der Waals surface area contributed by atoms with Gasteiger partial charge in [0.1, 0.15) is 0 Å². The summed E-state index contributed by atoms with van der Waals surface area (Å²) in [4.78, 5) is 0.243. The van der Waals surface area contributed by atoms with Gasteiger partial charge in [-0.2, -0.15) is 0 Å². The molecule has 5 nitrogen and oxygen atoms in total. The van der Waals surface area contributed by atoms with E-state index in [2.05, 4.69) is 4.72 Å². The predicted octanol–water partition coefficient (Wildman–Crippen LogP) is 0.589. The highest BCUT2D eigenvalue weighted by atomic mass is 32.2. The average Bonchev–Trinajstić information content (AvgIpc) is 2.30. The van der Waals surface area contributed by atoms with E-state index < -0.39 is 16.1 Å². The SMILES string of the molecule is COCC(O)CNS(=O)(=O)c1cc(C)ccc1C. The van der Waals surface area contributed by atoms with Crippen LogP contribution in [0.5, 0.6) is 0 Å². The smallest absolute Gasteiger partial charge is 0.240 e. The molecule has 1 aromatic carbocycles. The fourth-order valence-electron chi connectivity index (χ4n) is 1.53. The minimum absolute atomic E-state index is 0.0659. The second-order valence-corrected chi connectivity index (χ2v) is 5.97. The first-order chi connectivity index (χ1) is 8.36. The van der Waals surface area contributed by atoms with E-state index in [1.54, 1.807) is 19.1 Å². The van der Waals surface area contributed by atoms with E-state index in [1.165, 1.54) is 7.11 Å². The van der Waals surface area contributed by atoms with Crippen LogP contribution in [0.3, 0.4) is 0 Å². The number of hydrogen-bond donors (Lipinski definition) is 2. The lowest BCUT2D eigenvalue weighted by Gasteiger charge is -2.13. The van der Waals surface area contributed by atoms with E-state index in [-0.39, 0.29) is 18.0 Å². The Morgan fingerprint density at radius 2 is 2.06 bits per heavy atom. The predicted molar refractivity (Wildman–Crippen MR) is 69.0 cm³/mol. The lowest BCUT2D eigenvalue weighted by Crippen LogP contribution is -2.34. The van der Waals surface area contributed by atoms with Crippen molar-refractivity contribution in [2.45, 2.75) is 24.8 Å². The van der Waals surface area contributed by atoms with E-state index in [0.717, 1.165) is 5.56 Å². The third kappa shape index (κ3) is 4.06. The quantitative estimate of drug-likeness (QED) is 0.795. The zero-order valence-electron chi connectivity index (χ0n) is 10.8. The molecule has 0 spiro atoms. The van der Waals surface area contributed by atoms with Gasteiger partial charge in [-0.05, 0) is 31.0 Å². The fourth-order valence-corrected chi connectivity index (χ4v) is 2.93. The van der Waals surface area contributed by atoms with Crippen molar-refractivity contribution >= 4 is 10.0 Å². The molecule has 0 aliphatic rings. The monoisotopic (exact) mass is 273 g/mol. The molecule has 1 aromatic rings. The number of ether oxygens (including phenoxy) is 1. The first-order valence-corrected chi connectivity index (χ1v) is 7.09. The van der Waals surface area contributed by atoms with Crippen LogP contribution >= 0.6 is 0 Å². The fraction of sp³-hybridized carbons (Fsp3) is 0.500. The number of sulfonamides is 1. The highest BCUT2D eigenvalue weighted by Gasteiger charge is 2.18. The molecule has 0 saturated heterocycles. The van der Waals surface area contributed by atoms with Crippen LogP contribution in [0.4, 0.5) is 0 Å². The first kappa shape index (κ1) is 15.1. The Morgan fingerprint density at radius 1 is 1.39 bits per heavy atom. The highest BCUT2D eigenvalue weighted by Crippen LogP contribution is 2.16. The maximum Gasteiger partial charge on any atom is 0.240 e. The van der Waals surface area contributed by atoms with Gasteiger partial charge in [0.05, 0.1) is 17.6 Å². The molecular weight excluding hydrogens is 254 g/mol. The molecule has 0 heterocycles. The van der Waals surface area contributed by atoms with Crippen molar-refractivity contribution in [3.05, 3.63) is 29.3 Å². The lowest BCUT2D eigenvalue weighted by molar-refractivity contribution is 0.0679. The van der Waals surface area contributed by atoms with Crippen molar-refractivity contribution < 1.29 is 18.3 Å². The third-order valence-corrected chi connectivity index (χ3v) is 4.07. The van der Waals surface area contributed by atoms with Gasteiger partial charge in [-0.25, -0.2) is 13.1 Å². The minimum Gasteiger partial charge on any atom is -0.389 e. The zero-order valence-corrected chi connectivity index (χ0v) is 11.6. The molecule has 0 aliphatic heterocycles. The molecule has 0 bridgehead atoms. The summed E-state index contributed by atoms with van der Waals surface area (Å²) < 4.78 is 31.2. The number of rotatable bonds is 6. The molecule has 0 aliphatic carbocycles. The van der Waals surface area contributed by atoms with Crippen molar-refractivity contribution in [2.24, 2.45) is 0 Å². The summed E-state index contributed by atoms with van der Waals surface area (Å²) in [6.45, 7) is 3.59. The second-order valence-electron chi connectivity index (χ2n) is 4.23. The van der Waals surface area contributed by atoms with Gasteiger partial charge in [0, 0.05) is 13.7 Å². The molecule has 1 atom stereocenters. The molecule has 1 rings (SSSR count). The van der Waals surface area contributed by atoms with Crippen LogP contribution in [0.25, 0.3) is 0 Å². The number of nitrogens with one attached hydrogen (secondary N) is 1. The number of benzene rings is 1. The van der Waals surface area contributed by atoms with E-state index >= 15 is 0 Å². The van der Waals surface area contributed by atoms with Crippen LogP contribution in [0.2, 0.25) is 0 Å². The number of aryl methyl sites for hydroxylation is 2. The van der Waals surface area contributed by atoms with Gasteiger partial charge < -0.3 is 9.84 Å². The number of methoxy groups -OCH3 is 1. The summed E-state index contributed by atoms with van der Waals surface area (Å²) in [7, 11) is -2.15. The standard InChI is InChI=1S/C12H19NO4S/c1-9-4-5-10(2)12(6-9)18(15,16)13-7-11(14)8-17-3/h4-6,11,13-14H,7-8H2,1-3H3. The molecule has 0 amide bonds. The van der Waals surface area contributed by atoms with Crippen LogP contribution in [-0.2, 0) is 14.8 Å². The van der Waals surface area contributed by atoms with Gasteiger partial charge in [0.25, 0.3) is 0 Å². The molecule has 1 unspecified atom stereocenters. The van der Waals surface area contributed by atoms with Crippen molar-refractivity contribution in [3.63, 3.8) is 0 Å². The Labute approximate surface area is 108 Å². The van der Waals surface area contributed by atoms with Crippen LogP contribution in [0.15, 0.2) is 23.1 Å². The largest absolute Gasteiger partial charge is 0.389 e. The third-order valence-electron chi connectivity index (χ3n) is 2.50. The van der Waals surface area contributed by atoms with Crippen LogP contribution in [-0.4, -0.2) is 39.9 Å². The van der Waals surface area contributed by atoms with Crippen LogP contribution in [0, 0.1) is 13.8 Å². The molecule has 18 heavy (non-hydrogen) atoms. The molecule has 0 fully saturated rings. The first-order valence-electron chi connectivity index (χ1n) is 5.60. The molecule has 0 radical (unpaired) electrons.